The maximum atomic E-state index is 12.8. The highest BCUT2D eigenvalue weighted by molar-refractivity contribution is 5.42. The summed E-state index contributed by atoms with van der Waals surface area (Å²) in [7, 11) is 0. The number of azide groups is 1. The Morgan fingerprint density at radius 2 is 1.27 bits per heavy atom. The molecule has 12 heteroatoms. The lowest BCUT2D eigenvalue weighted by Gasteiger charge is -2.06. The van der Waals surface area contributed by atoms with E-state index in [1.807, 2.05) is 0 Å². The van der Waals surface area contributed by atoms with E-state index in [0.29, 0.717) is 12.1 Å². The van der Waals surface area contributed by atoms with Gasteiger partial charge in [0.2, 0.25) is 0 Å². The summed E-state index contributed by atoms with van der Waals surface area (Å²) >= 11 is 0. The van der Waals surface area contributed by atoms with E-state index in [0.717, 1.165) is 18.2 Å². The molecule has 0 atom stereocenters. The van der Waals surface area contributed by atoms with Crippen LogP contribution in [-0.2, 0) is 12.4 Å². The Labute approximate surface area is 140 Å². The van der Waals surface area contributed by atoms with Gasteiger partial charge in [-0.25, -0.2) is 8.78 Å². The van der Waals surface area contributed by atoms with Crippen molar-refractivity contribution in [3.8, 4) is 0 Å². The van der Waals surface area contributed by atoms with Crippen LogP contribution in [0, 0.1) is 11.6 Å². The van der Waals surface area contributed by atoms with E-state index in [1.165, 1.54) is 0 Å². The van der Waals surface area contributed by atoms with Crippen LogP contribution in [0.1, 0.15) is 11.1 Å². The van der Waals surface area contributed by atoms with Gasteiger partial charge in [0, 0.05) is 4.91 Å². The summed E-state index contributed by atoms with van der Waals surface area (Å²) < 4.78 is 97.0. The van der Waals surface area contributed by atoms with Gasteiger partial charge in [-0.15, -0.1) is 0 Å². The van der Waals surface area contributed by atoms with Crippen molar-refractivity contribution in [2.24, 2.45) is 5.11 Å². The normalized spacial score (nSPS) is 11.2. The zero-order valence-corrected chi connectivity index (χ0v) is 12.4. The number of alkyl halides is 6. The van der Waals surface area contributed by atoms with Gasteiger partial charge in [-0.05, 0) is 41.9 Å². The van der Waals surface area contributed by atoms with Crippen molar-refractivity contribution in [1.82, 2.24) is 0 Å². The minimum Gasteiger partial charge on any atom is -0.396 e. The molecule has 0 aliphatic carbocycles. The van der Waals surface area contributed by atoms with E-state index in [2.05, 4.69) is 10.0 Å². The lowest BCUT2D eigenvalue weighted by Crippen LogP contribution is -2.05. The zero-order chi connectivity index (χ0) is 20.1. The van der Waals surface area contributed by atoms with Crippen molar-refractivity contribution in [3.05, 3.63) is 69.6 Å². The molecule has 0 spiro atoms. The molecule has 0 aliphatic rings. The van der Waals surface area contributed by atoms with E-state index in [-0.39, 0.29) is 11.8 Å². The topological polar surface area (TPSA) is 74.8 Å². The van der Waals surface area contributed by atoms with Crippen molar-refractivity contribution in [2.75, 3.05) is 5.73 Å². The van der Waals surface area contributed by atoms with E-state index in [9.17, 15) is 35.1 Å². The average Bonchev–Trinajstić information content (AvgIpc) is 2.51. The molecule has 2 rings (SSSR count). The fourth-order valence-corrected chi connectivity index (χ4v) is 1.52. The second-order valence-electron chi connectivity index (χ2n) is 4.59. The van der Waals surface area contributed by atoms with Crippen LogP contribution in [0.25, 0.3) is 10.4 Å². The van der Waals surface area contributed by atoms with Crippen molar-refractivity contribution in [2.45, 2.75) is 12.4 Å². The first-order valence-electron chi connectivity index (χ1n) is 6.40. The monoisotopic (exact) mass is 384 g/mol. The number of nitrogens with two attached hydrogens (primary N) is 1. The van der Waals surface area contributed by atoms with E-state index in [4.69, 9.17) is 11.3 Å². The molecular formula is C14H8F8N4. The maximum absolute atomic E-state index is 12.8. The molecule has 26 heavy (non-hydrogen) atoms. The highest BCUT2D eigenvalue weighted by Crippen LogP contribution is 2.32. The third-order valence-corrected chi connectivity index (χ3v) is 2.76. The van der Waals surface area contributed by atoms with Crippen LogP contribution in [0.2, 0.25) is 0 Å². The highest BCUT2D eigenvalue weighted by Gasteiger charge is 2.31. The molecular weight excluding hydrogens is 376 g/mol. The first kappa shape index (κ1) is 21.0. The largest absolute Gasteiger partial charge is 0.416 e. The molecule has 140 valence electrons. The molecule has 0 saturated heterocycles. The van der Waals surface area contributed by atoms with Gasteiger partial charge in [-0.1, -0.05) is 5.11 Å². The van der Waals surface area contributed by atoms with Gasteiger partial charge >= 0.3 is 12.4 Å². The summed E-state index contributed by atoms with van der Waals surface area (Å²) in [6.07, 6.45) is -9.12. The Morgan fingerprint density at radius 1 is 0.808 bits per heavy atom. The molecule has 0 saturated carbocycles. The predicted octanol–water partition coefficient (Wildman–Crippen LogP) is 6.21. The predicted molar refractivity (Wildman–Crippen MR) is 76.0 cm³/mol. The number of nitrogens with zero attached hydrogens (tertiary/aromatic N) is 3. The first-order chi connectivity index (χ1) is 11.9. The van der Waals surface area contributed by atoms with Gasteiger partial charge in [0.15, 0.2) is 0 Å². The third kappa shape index (κ3) is 5.81. The summed E-state index contributed by atoms with van der Waals surface area (Å²) in [4.78, 5) is 2.26. The molecule has 4 nitrogen and oxygen atoms in total. The molecule has 0 heterocycles. The van der Waals surface area contributed by atoms with E-state index >= 15 is 0 Å². The van der Waals surface area contributed by atoms with Crippen LogP contribution < -0.4 is 5.73 Å². The number of rotatable bonds is 1. The van der Waals surface area contributed by atoms with Gasteiger partial charge in [0.1, 0.15) is 11.6 Å². The summed E-state index contributed by atoms with van der Waals surface area (Å²) in [5, 5.41) is 2.87. The van der Waals surface area contributed by atoms with Gasteiger partial charge in [-0.3, -0.25) is 0 Å². The van der Waals surface area contributed by atoms with Crippen LogP contribution in [-0.4, -0.2) is 0 Å². The number of nitrogen functional groups attached to an aromatic ring is 1. The van der Waals surface area contributed by atoms with Gasteiger partial charge in [0.25, 0.3) is 0 Å². The maximum Gasteiger partial charge on any atom is 0.416 e. The minimum atomic E-state index is -4.60. The first-order valence-corrected chi connectivity index (χ1v) is 6.40. The number of halogens is 8. The smallest absolute Gasteiger partial charge is 0.396 e. The van der Waals surface area contributed by atoms with Crippen LogP contribution in [0.4, 0.5) is 46.5 Å². The Morgan fingerprint density at radius 3 is 1.65 bits per heavy atom. The number of benzene rings is 2. The molecule has 0 aliphatic heterocycles. The molecule has 0 bridgehead atoms. The third-order valence-electron chi connectivity index (χ3n) is 2.76. The molecule has 2 aromatic rings. The van der Waals surface area contributed by atoms with E-state index in [1.54, 1.807) is 0 Å². The van der Waals surface area contributed by atoms with Crippen LogP contribution in [0.15, 0.2) is 41.5 Å². The molecule has 0 fully saturated rings. The molecule has 2 aromatic carbocycles. The Balaban J connectivity index is 0.000000263. The standard InChI is InChI=1S/C7H3F4N3.C7H5F4N/c8-5-3-4(7(9,10)11)1-2-6(5)13-14-12;8-5-3-4(7(9,10)11)1-2-6(5)12/h1-3H;1-3H,12H2. The summed E-state index contributed by atoms with van der Waals surface area (Å²) in [5.41, 5.74) is 10.0. The Kier molecular flexibility index (Phi) is 6.40. The Hall–Kier alpha value is -3.01. The second kappa shape index (κ2) is 7.91. The molecule has 2 N–H and O–H groups in total. The molecule has 0 unspecified atom stereocenters. The van der Waals surface area contributed by atoms with E-state index < -0.39 is 40.8 Å². The van der Waals surface area contributed by atoms with Crippen molar-refractivity contribution < 1.29 is 35.1 Å². The number of anilines is 1. The van der Waals surface area contributed by atoms with Gasteiger partial charge in [0.05, 0.1) is 22.5 Å². The molecule has 0 radical (unpaired) electrons. The van der Waals surface area contributed by atoms with Crippen LogP contribution in [0.5, 0.6) is 0 Å². The minimum absolute atomic E-state index is 0.282. The van der Waals surface area contributed by atoms with Gasteiger partial charge in [-0.2, -0.15) is 26.3 Å². The number of hydrogen-bond donors (Lipinski definition) is 1. The zero-order valence-electron chi connectivity index (χ0n) is 12.4. The molecule has 0 aromatic heterocycles. The summed E-state index contributed by atoms with van der Waals surface area (Å²) in [6.45, 7) is 0. The van der Waals surface area contributed by atoms with Gasteiger partial charge < -0.3 is 5.73 Å². The number of hydrogen-bond acceptors (Lipinski definition) is 2. The lowest BCUT2D eigenvalue weighted by molar-refractivity contribution is -0.138. The summed E-state index contributed by atoms with van der Waals surface area (Å²) in [6, 6.07) is 3.70. The SMILES string of the molecule is Nc1ccc(C(F)(F)F)cc1F.[N-]=[N+]=Nc1ccc(C(F)(F)F)cc1F. The molecule has 0 amide bonds. The highest BCUT2D eigenvalue weighted by atomic mass is 19.4. The van der Waals surface area contributed by atoms with Crippen molar-refractivity contribution >= 4 is 11.4 Å². The quantitative estimate of drug-likeness (QED) is 0.205. The van der Waals surface area contributed by atoms with Crippen LogP contribution in [0.3, 0.4) is 0 Å². The second-order valence-corrected chi connectivity index (χ2v) is 4.59. The Bertz CT molecular complexity index is 823. The van der Waals surface area contributed by atoms with Crippen molar-refractivity contribution in [1.29, 1.82) is 0 Å². The van der Waals surface area contributed by atoms with Crippen LogP contribution >= 0.6 is 0 Å². The fourth-order valence-electron chi connectivity index (χ4n) is 1.52. The lowest BCUT2D eigenvalue weighted by atomic mass is 10.2. The average molecular weight is 384 g/mol. The van der Waals surface area contributed by atoms with Crippen molar-refractivity contribution in [3.63, 3.8) is 0 Å². The summed E-state index contributed by atoms with van der Waals surface area (Å²) in [5.74, 6) is -2.25. The fraction of sp³-hybridized carbons (Fsp3) is 0.143.